The van der Waals surface area contributed by atoms with Crippen LogP contribution in [0.1, 0.15) is 24.1 Å². The second-order valence-electron chi connectivity index (χ2n) is 7.70. The fraction of sp³-hybridized carbons (Fsp3) is 0.333. The van der Waals surface area contributed by atoms with E-state index in [4.69, 9.17) is 16.0 Å². The maximum absolute atomic E-state index is 13.2. The zero-order valence-corrected chi connectivity index (χ0v) is 18.8. The Morgan fingerprint density at radius 3 is 2.69 bits per heavy atom. The summed E-state index contributed by atoms with van der Waals surface area (Å²) >= 11 is 5.76. The summed E-state index contributed by atoms with van der Waals surface area (Å²) in [4.78, 5) is 12.5. The lowest BCUT2D eigenvalue weighted by Gasteiger charge is -2.29. The van der Waals surface area contributed by atoms with Gasteiger partial charge in [0, 0.05) is 31.2 Å². The van der Waals surface area contributed by atoms with Crippen LogP contribution in [0, 0.1) is 18.7 Å². The highest BCUT2D eigenvalue weighted by Crippen LogP contribution is 2.28. The largest absolute Gasteiger partial charge is 0.442 e. The zero-order valence-electron chi connectivity index (χ0n) is 17.3. The smallest absolute Gasteiger partial charge is 0.276 e. The molecule has 32 heavy (non-hydrogen) atoms. The van der Waals surface area contributed by atoms with E-state index in [0.717, 1.165) is 5.69 Å². The summed E-state index contributed by atoms with van der Waals surface area (Å²) in [6.45, 7) is 2.48. The van der Waals surface area contributed by atoms with Crippen LogP contribution in [0.2, 0.25) is 5.02 Å². The number of furan rings is 1. The summed E-state index contributed by atoms with van der Waals surface area (Å²) in [6, 6.07) is 9.03. The molecule has 0 spiro atoms. The molecule has 1 aliphatic rings. The van der Waals surface area contributed by atoms with Gasteiger partial charge in [-0.25, -0.2) is 12.8 Å². The average Bonchev–Trinajstić information content (AvgIpc) is 3.44. The molecule has 1 saturated heterocycles. The highest BCUT2D eigenvalue weighted by Gasteiger charge is 2.34. The fourth-order valence-corrected chi connectivity index (χ4v) is 5.19. The lowest BCUT2D eigenvalue weighted by atomic mass is 9.97. The number of amides is 1. The lowest BCUT2D eigenvalue weighted by Crippen LogP contribution is -2.42. The fourth-order valence-electron chi connectivity index (χ4n) is 3.61. The predicted octanol–water partition coefficient (Wildman–Crippen LogP) is 3.49. The molecule has 1 aliphatic heterocycles. The molecule has 2 aromatic heterocycles. The molecule has 11 heteroatoms. The number of H-pyrrole nitrogens is 1. The molecule has 170 valence electrons. The van der Waals surface area contributed by atoms with E-state index >= 15 is 0 Å². The molecule has 0 unspecified atom stereocenters. The molecule has 1 aromatic carbocycles. The van der Waals surface area contributed by atoms with E-state index in [1.54, 1.807) is 18.2 Å². The minimum atomic E-state index is -3.81. The normalized spacial score (nSPS) is 15.7. The summed E-state index contributed by atoms with van der Waals surface area (Å²) in [5.74, 6) is -0.630. The Labute approximate surface area is 189 Å². The zero-order chi connectivity index (χ0) is 22.9. The molecule has 0 atom stereocenters. The van der Waals surface area contributed by atoms with Gasteiger partial charge in [-0.15, -0.1) is 0 Å². The van der Waals surface area contributed by atoms with Crippen LogP contribution in [-0.2, 0) is 21.4 Å². The maximum Gasteiger partial charge on any atom is 0.276 e. The van der Waals surface area contributed by atoms with Crippen molar-refractivity contribution in [2.45, 2.75) is 31.4 Å². The van der Waals surface area contributed by atoms with Crippen molar-refractivity contribution in [1.29, 1.82) is 0 Å². The van der Waals surface area contributed by atoms with Crippen LogP contribution in [0.4, 0.5) is 4.39 Å². The number of halogens is 2. The number of aryl methyl sites for hydroxylation is 1. The van der Waals surface area contributed by atoms with E-state index < -0.39 is 15.8 Å². The second kappa shape index (κ2) is 9.05. The van der Waals surface area contributed by atoms with Gasteiger partial charge in [0.2, 0.25) is 11.0 Å². The van der Waals surface area contributed by atoms with Gasteiger partial charge in [-0.2, -0.15) is 9.40 Å². The van der Waals surface area contributed by atoms with Gasteiger partial charge in [-0.05, 0) is 55.7 Å². The van der Waals surface area contributed by atoms with E-state index in [9.17, 15) is 17.6 Å². The Bertz CT molecular complexity index is 1230. The summed E-state index contributed by atoms with van der Waals surface area (Å²) in [5, 5.41) is 9.52. The third-order valence-electron chi connectivity index (χ3n) is 5.41. The van der Waals surface area contributed by atoms with Gasteiger partial charge < -0.3 is 9.73 Å². The van der Waals surface area contributed by atoms with Gasteiger partial charge in [0.25, 0.3) is 10.0 Å². The highest BCUT2D eigenvalue weighted by atomic mass is 35.5. The number of aromatic nitrogens is 2. The van der Waals surface area contributed by atoms with E-state index in [-0.39, 0.29) is 41.6 Å². The van der Waals surface area contributed by atoms with Crippen LogP contribution >= 0.6 is 11.6 Å². The van der Waals surface area contributed by atoms with Crippen molar-refractivity contribution in [2.75, 3.05) is 13.1 Å². The molecular formula is C21H22ClFN4O4S. The third-order valence-corrected chi connectivity index (χ3v) is 7.47. The Balaban J connectivity index is 1.34. The molecule has 2 N–H and O–H groups in total. The van der Waals surface area contributed by atoms with Crippen LogP contribution in [-0.4, -0.2) is 41.9 Å². The standard InChI is InChI=1S/C21H22ClFN4O4S/c1-13-10-18(26-25-13)19-4-5-20(31-19)32(29,30)27-8-6-15(7-9-27)21(28)24-12-14-2-3-17(23)16(22)11-14/h2-5,10-11,15H,6-9,12H2,1H3,(H,24,28)(H,25,26). The molecule has 0 aliphatic carbocycles. The molecule has 3 aromatic rings. The first-order valence-electron chi connectivity index (χ1n) is 10.1. The van der Waals surface area contributed by atoms with Gasteiger partial charge in [0.1, 0.15) is 11.5 Å². The number of rotatable bonds is 6. The van der Waals surface area contributed by atoms with E-state index in [2.05, 4.69) is 15.5 Å². The van der Waals surface area contributed by atoms with E-state index in [1.165, 1.54) is 22.5 Å². The Morgan fingerprint density at radius 2 is 2.03 bits per heavy atom. The predicted molar refractivity (Wildman–Crippen MR) is 116 cm³/mol. The van der Waals surface area contributed by atoms with Crippen LogP contribution in [0.5, 0.6) is 0 Å². The number of hydrogen-bond acceptors (Lipinski definition) is 5. The second-order valence-corrected chi connectivity index (χ2v) is 9.98. The monoisotopic (exact) mass is 480 g/mol. The number of benzene rings is 1. The van der Waals surface area contributed by atoms with Crippen LogP contribution < -0.4 is 5.32 Å². The van der Waals surface area contributed by atoms with Gasteiger partial charge in [0.05, 0.1) is 5.02 Å². The number of nitrogens with one attached hydrogen (secondary N) is 2. The van der Waals surface area contributed by atoms with Crippen molar-refractivity contribution in [3.63, 3.8) is 0 Å². The molecule has 0 bridgehead atoms. The molecular weight excluding hydrogens is 459 g/mol. The average molecular weight is 481 g/mol. The van der Waals surface area contributed by atoms with Crippen LogP contribution in [0.25, 0.3) is 11.5 Å². The van der Waals surface area contributed by atoms with Gasteiger partial charge in [-0.3, -0.25) is 9.89 Å². The number of sulfonamides is 1. The molecule has 1 fully saturated rings. The first-order chi connectivity index (χ1) is 15.2. The minimum Gasteiger partial charge on any atom is -0.442 e. The van der Waals surface area contributed by atoms with Crippen molar-refractivity contribution >= 4 is 27.5 Å². The quantitative estimate of drug-likeness (QED) is 0.561. The van der Waals surface area contributed by atoms with Gasteiger partial charge >= 0.3 is 0 Å². The van der Waals surface area contributed by atoms with Crippen molar-refractivity contribution in [1.82, 2.24) is 19.8 Å². The third kappa shape index (κ3) is 4.72. The first kappa shape index (κ1) is 22.5. The summed E-state index contributed by atoms with van der Waals surface area (Å²) in [7, 11) is -3.81. The molecule has 0 saturated carbocycles. The number of piperidine rings is 1. The van der Waals surface area contributed by atoms with Crippen LogP contribution in [0.3, 0.4) is 0 Å². The van der Waals surface area contributed by atoms with E-state index in [1.807, 2.05) is 6.92 Å². The molecule has 8 nitrogen and oxygen atoms in total. The number of aromatic amines is 1. The maximum atomic E-state index is 13.2. The van der Waals surface area contributed by atoms with Crippen molar-refractivity contribution < 1.29 is 22.0 Å². The van der Waals surface area contributed by atoms with Crippen LogP contribution in [0.15, 0.2) is 45.9 Å². The van der Waals surface area contributed by atoms with Gasteiger partial charge in [0.15, 0.2) is 5.76 Å². The van der Waals surface area contributed by atoms with Crippen molar-refractivity contribution in [3.8, 4) is 11.5 Å². The Kier molecular flexibility index (Phi) is 6.36. The number of carbonyl (C=O) groups excluding carboxylic acids is 1. The number of hydrogen-bond donors (Lipinski definition) is 2. The van der Waals surface area contributed by atoms with E-state index in [0.29, 0.717) is 29.9 Å². The number of nitrogens with zero attached hydrogens (tertiary/aromatic N) is 2. The van der Waals surface area contributed by atoms with Crippen molar-refractivity contribution in [3.05, 3.63) is 58.5 Å². The summed E-state index contributed by atoms with van der Waals surface area (Å²) in [5.41, 5.74) is 2.05. The highest BCUT2D eigenvalue weighted by molar-refractivity contribution is 7.89. The van der Waals surface area contributed by atoms with Crippen molar-refractivity contribution in [2.24, 2.45) is 5.92 Å². The molecule has 1 amide bonds. The topological polar surface area (TPSA) is 108 Å². The molecule has 3 heterocycles. The SMILES string of the molecule is Cc1cc(-c2ccc(S(=O)(=O)N3CCC(C(=O)NCc4ccc(F)c(Cl)c4)CC3)o2)n[nH]1. The summed E-state index contributed by atoms with van der Waals surface area (Å²) < 4.78 is 46.0. The summed E-state index contributed by atoms with van der Waals surface area (Å²) in [6.07, 6.45) is 0.780. The number of carbonyl (C=O) groups is 1. The Hall–Kier alpha value is -2.69. The minimum absolute atomic E-state index is 0.00114. The Morgan fingerprint density at radius 1 is 1.28 bits per heavy atom. The molecule has 4 rings (SSSR count). The van der Waals surface area contributed by atoms with Gasteiger partial charge in [-0.1, -0.05) is 17.7 Å². The first-order valence-corrected chi connectivity index (χ1v) is 11.9. The lowest BCUT2D eigenvalue weighted by molar-refractivity contribution is -0.126. The molecule has 0 radical (unpaired) electrons.